The van der Waals surface area contributed by atoms with Gasteiger partial charge in [-0.15, -0.1) is 12.4 Å². The van der Waals surface area contributed by atoms with Crippen LogP contribution in [-0.4, -0.2) is 4.98 Å². The number of hydrogen-bond acceptors (Lipinski definition) is 2. The highest BCUT2D eigenvalue weighted by atomic mass is 35.5. The number of nitrogens with one attached hydrogen (secondary N) is 1. The Kier molecular flexibility index (Phi) is 5.98. The van der Waals surface area contributed by atoms with Crippen LogP contribution < -0.4 is 5.32 Å². The quantitative estimate of drug-likeness (QED) is 0.919. The van der Waals surface area contributed by atoms with Crippen molar-refractivity contribution < 1.29 is 0 Å². The molecule has 0 fully saturated rings. The number of pyridine rings is 1. The van der Waals surface area contributed by atoms with Crippen molar-refractivity contribution in [3.63, 3.8) is 0 Å². The second kappa shape index (κ2) is 7.28. The first-order chi connectivity index (χ1) is 7.86. The summed E-state index contributed by atoms with van der Waals surface area (Å²) < 4.78 is 0. The number of hydrogen-bond donors (Lipinski definition) is 1. The van der Waals surface area contributed by atoms with E-state index in [-0.39, 0.29) is 12.4 Å². The van der Waals surface area contributed by atoms with Gasteiger partial charge in [-0.3, -0.25) is 4.98 Å². The van der Waals surface area contributed by atoms with E-state index in [1.54, 1.807) is 6.20 Å². The normalized spacial score (nSPS) is 9.71. The molecule has 1 N–H and O–H groups in total. The smallest absolute Gasteiger partial charge is 0.0450 e. The largest absolute Gasteiger partial charge is 0.309 e. The SMILES string of the molecule is Cl.Clc1ccccc1CNCc1cccnc1. The predicted octanol–water partition coefficient (Wildman–Crippen LogP) is 3.45. The summed E-state index contributed by atoms with van der Waals surface area (Å²) in [6.07, 6.45) is 3.64. The molecule has 1 aromatic carbocycles. The van der Waals surface area contributed by atoms with Gasteiger partial charge in [-0.05, 0) is 23.3 Å². The van der Waals surface area contributed by atoms with Gasteiger partial charge in [-0.1, -0.05) is 35.9 Å². The molecule has 1 aromatic heterocycles. The van der Waals surface area contributed by atoms with Gasteiger partial charge in [0.1, 0.15) is 0 Å². The average molecular weight is 269 g/mol. The van der Waals surface area contributed by atoms with E-state index in [9.17, 15) is 0 Å². The molecule has 2 aromatic rings. The second-order valence-electron chi connectivity index (χ2n) is 3.56. The molecule has 90 valence electrons. The lowest BCUT2D eigenvalue weighted by atomic mass is 10.2. The van der Waals surface area contributed by atoms with Crippen LogP contribution in [0.2, 0.25) is 5.02 Å². The fraction of sp³-hybridized carbons (Fsp3) is 0.154. The fourth-order valence-corrected chi connectivity index (χ4v) is 1.69. The molecule has 0 aliphatic rings. The van der Waals surface area contributed by atoms with E-state index in [1.165, 1.54) is 5.56 Å². The van der Waals surface area contributed by atoms with Crippen LogP contribution in [0.5, 0.6) is 0 Å². The minimum Gasteiger partial charge on any atom is -0.309 e. The van der Waals surface area contributed by atoms with Gasteiger partial charge in [-0.2, -0.15) is 0 Å². The molecule has 0 radical (unpaired) electrons. The molecule has 2 rings (SSSR count). The number of aromatic nitrogens is 1. The summed E-state index contributed by atoms with van der Waals surface area (Å²) in [6, 6.07) is 11.8. The van der Waals surface area contributed by atoms with Crippen molar-refractivity contribution in [2.75, 3.05) is 0 Å². The van der Waals surface area contributed by atoms with Crippen molar-refractivity contribution in [1.82, 2.24) is 10.3 Å². The molecule has 0 spiro atoms. The maximum Gasteiger partial charge on any atom is 0.0450 e. The summed E-state index contributed by atoms with van der Waals surface area (Å²) >= 11 is 6.05. The molecule has 0 atom stereocenters. The van der Waals surface area contributed by atoms with Crippen LogP contribution in [0.15, 0.2) is 48.8 Å². The summed E-state index contributed by atoms with van der Waals surface area (Å²) in [4.78, 5) is 4.06. The Morgan fingerprint density at radius 2 is 1.88 bits per heavy atom. The van der Waals surface area contributed by atoms with Crippen LogP contribution in [0, 0.1) is 0 Å². The van der Waals surface area contributed by atoms with E-state index in [4.69, 9.17) is 11.6 Å². The van der Waals surface area contributed by atoms with Crippen LogP contribution in [0.25, 0.3) is 0 Å². The van der Waals surface area contributed by atoms with Gasteiger partial charge in [0.05, 0.1) is 0 Å². The minimum absolute atomic E-state index is 0. The molecular formula is C13H14Cl2N2. The topological polar surface area (TPSA) is 24.9 Å². The molecule has 0 amide bonds. The van der Waals surface area contributed by atoms with Crippen molar-refractivity contribution in [2.45, 2.75) is 13.1 Å². The molecule has 4 heteroatoms. The maximum atomic E-state index is 6.05. The highest BCUT2D eigenvalue weighted by Gasteiger charge is 1.98. The van der Waals surface area contributed by atoms with Gasteiger partial charge < -0.3 is 5.32 Å². The summed E-state index contributed by atoms with van der Waals surface area (Å²) in [5.74, 6) is 0. The van der Waals surface area contributed by atoms with Crippen LogP contribution >= 0.6 is 24.0 Å². The fourth-order valence-electron chi connectivity index (χ4n) is 1.49. The first kappa shape index (κ1) is 14.0. The van der Waals surface area contributed by atoms with Crippen LogP contribution in [-0.2, 0) is 13.1 Å². The molecule has 0 unspecified atom stereocenters. The van der Waals surface area contributed by atoms with Crippen LogP contribution in [0.1, 0.15) is 11.1 Å². The molecular weight excluding hydrogens is 255 g/mol. The van der Waals surface area contributed by atoms with Gasteiger partial charge in [-0.25, -0.2) is 0 Å². The van der Waals surface area contributed by atoms with Crippen molar-refractivity contribution >= 4 is 24.0 Å². The molecule has 0 bridgehead atoms. The highest BCUT2D eigenvalue weighted by molar-refractivity contribution is 6.31. The lowest BCUT2D eigenvalue weighted by Crippen LogP contribution is -2.12. The molecule has 0 aliphatic heterocycles. The van der Waals surface area contributed by atoms with Crippen molar-refractivity contribution in [3.05, 3.63) is 64.9 Å². The van der Waals surface area contributed by atoms with Crippen LogP contribution in [0.4, 0.5) is 0 Å². The maximum absolute atomic E-state index is 6.05. The molecule has 17 heavy (non-hydrogen) atoms. The van der Waals surface area contributed by atoms with Crippen molar-refractivity contribution in [1.29, 1.82) is 0 Å². The summed E-state index contributed by atoms with van der Waals surface area (Å²) in [5, 5.41) is 4.14. The average Bonchev–Trinajstić information content (AvgIpc) is 2.33. The van der Waals surface area contributed by atoms with E-state index in [1.807, 2.05) is 42.6 Å². The number of halogens is 2. The van der Waals surface area contributed by atoms with Gasteiger partial charge in [0.25, 0.3) is 0 Å². The van der Waals surface area contributed by atoms with E-state index < -0.39 is 0 Å². The molecule has 0 aliphatic carbocycles. The van der Waals surface area contributed by atoms with Crippen molar-refractivity contribution in [2.24, 2.45) is 0 Å². The third kappa shape index (κ3) is 4.35. The van der Waals surface area contributed by atoms with Gasteiger partial charge in [0, 0.05) is 30.5 Å². The lowest BCUT2D eigenvalue weighted by molar-refractivity contribution is 0.691. The van der Waals surface area contributed by atoms with Crippen LogP contribution in [0.3, 0.4) is 0 Å². The third-order valence-corrected chi connectivity index (χ3v) is 2.69. The zero-order chi connectivity index (χ0) is 11.2. The number of benzene rings is 1. The number of rotatable bonds is 4. The summed E-state index contributed by atoms with van der Waals surface area (Å²) in [6.45, 7) is 1.58. The zero-order valence-electron chi connectivity index (χ0n) is 9.27. The monoisotopic (exact) mass is 268 g/mol. The Balaban J connectivity index is 0.00000144. The zero-order valence-corrected chi connectivity index (χ0v) is 10.8. The third-order valence-electron chi connectivity index (χ3n) is 2.33. The minimum atomic E-state index is 0. The first-order valence-electron chi connectivity index (χ1n) is 5.19. The van der Waals surface area contributed by atoms with E-state index in [0.717, 1.165) is 23.7 Å². The highest BCUT2D eigenvalue weighted by Crippen LogP contribution is 2.14. The Hall–Kier alpha value is -1.09. The molecule has 2 nitrogen and oxygen atoms in total. The number of nitrogens with zero attached hydrogens (tertiary/aromatic N) is 1. The Morgan fingerprint density at radius 1 is 1.06 bits per heavy atom. The van der Waals surface area contributed by atoms with E-state index in [2.05, 4.69) is 10.3 Å². The molecule has 1 heterocycles. The van der Waals surface area contributed by atoms with Crippen molar-refractivity contribution in [3.8, 4) is 0 Å². The Labute approximate surface area is 112 Å². The predicted molar refractivity (Wildman–Crippen MR) is 73.5 cm³/mol. The molecule has 0 saturated heterocycles. The standard InChI is InChI=1S/C13H13ClN2.ClH/c14-13-6-2-1-5-12(13)10-16-9-11-4-3-7-15-8-11;/h1-8,16H,9-10H2;1H. The van der Waals surface area contributed by atoms with Gasteiger partial charge in [0.15, 0.2) is 0 Å². The first-order valence-corrected chi connectivity index (χ1v) is 5.57. The van der Waals surface area contributed by atoms with E-state index >= 15 is 0 Å². The van der Waals surface area contributed by atoms with Gasteiger partial charge >= 0.3 is 0 Å². The lowest BCUT2D eigenvalue weighted by Gasteiger charge is -2.06. The Morgan fingerprint density at radius 3 is 2.59 bits per heavy atom. The second-order valence-corrected chi connectivity index (χ2v) is 3.96. The van der Waals surface area contributed by atoms with E-state index in [0.29, 0.717) is 0 Å². The molecule has 0 saturated carbocycles. The summed E-state index contributed by atoms with van der Waals surface area (Å²) in [5.41, 5.74) is 2.29. The summed E-state index contributed by atoms with van der Waals surface area (Å²) in [7, 11) is 0. The van der Waals surface area contributed by atoms with Gasteiger partial charge in [0.2, 0.25) is 0 Å². The Bertz CT molecular complexity index is 446.